The smallest absolute Gasteiger partial charge is 0.128 e. The van der Waals surface area contributed by atoms with Crippen LogP contribution in [0.3, 0.4) is 0 Å². The van der Waals surface area contributed by atoms with Crippen LogP contribution in [-0.2, 0) is 24.5 Å². The monoisotopic (exact) mass is 467 g/mol. The number of hydrogen-bond donors (Lipinski definition) is 0. The first-order valence-corrected chi connectivity index (χ1v) is 13.5. The maximum absolute atomic E-state index is 12.3. The molecule has 0 saturated heterocycles. The van der Waals surface area contributed by atoms with Crippen molar-refractivity contribution in [3.8, 4) is 0 Å². The summed E-state index contributed by atoms with van der Waals surface area (Å²) in [5.74, 6) is 2.01. The van der Waals surface area contributed by atoms with Crippen LogP contribution < -0.4 is 10.6 Å². The van der Waals surface area contributed by atoms with Crippen LogP contribution in [0.4, 0.5) is 0 Å². The van der Waals surface area contributed by atoms with Gasteiger partial charge in [-0.25, -0.2) is 9.59 Å². The molecule has 0 bridgehead atoms. The SMILES string of the molecule is C[CH2][Mn][C]1=CC=CC1.O=C=C1C=CC=CC1P(=C=O)(c1ccccc1)c1ccccc1. The summed E-state index contributed by atoms with van der Waals surface area (Å²) in [5.41, 5.74) is 2.53. The van der Waals surface area contributed by atoms with E-state index in [0.717, 1.165) is 25.6 Å². The van der Waals surface area contributed by atoms with E-state index in [4.69, 9.17) is 0 Å². The fraction of sp³-hybridized carbons (Fsp3) is 0.148. The van der Waals surface area contributed by atoms with Crippen molar-refractivity contribution in [2.45, 2.75) is 24.3 Å². The van der Waals surface area contributed by atoms with E-state index >= 15 is 0 Å². The molecular weight excluding hydrogens is 442 g/mol. The van der Waals surface area contributed by atoms with Crippen molar-refractivity contribution >= 4 is 29.1 Å². The van der Waals surface area contributed by atoms with Crippen molar-refractivity contribution in [2.24, 2.45) is 0 Å². The summed E-state index contributed by atoms with van der Waals surface area (Å²) in [7, 11) is 0. The summed E-state index contributed by atoms with van der Waals surface area (Å²) >= 11 is 1.04. The van der Waals surface area contributed by atoms with Gasteiger partial charge >= 0.3 is 56.3 Å². The maximum Gasteiger partial charge on any atom is 0.128 e. The number of rotatable bonds is 5. The Labute approximate surface area is 190 Å². The van der Waals surface area contributed by atoms with E-state index in [2.05, 4.69) is 30.8 Å². The maximum atomic E-state index is 12.3. The standard InChI is InChI=1S/C20H15O2P.C5H5.C2H5.Mn/c21-15-17-9-7-8-14-20(17)23(16-22,18-10-3-1-4-11-18)19-12-5-2-6-13-19;1-2-4-5-3-1;1-2;/h1-14,20H;1-3H,4H2;1H2,2H3;. The first kappa shape index (κ1) is 23.1. The van der Waals surface area contributed by atoms with Gasteiger partial charge in [0.05, 0.1) is 5.66 Å². The first-order chi connectivity index (χ1) is 15.3. The van der Waals surface area contributed by atoms with Crippen LogP contribution >= 0.6 is 6.89 Å². The second-order valence-electron chi connectivity index (χ2n) is 6.88. The van der Waals surface area contributed by atoms with Gasteiger partial charge in [0.1, 0.15) is 11.6 Å². The zero-order valence-corrected chi connectivity index (χ0v) is 19.5. The minimum absolute atomic E-state index is 0.327. The minimum atomic E-state index is -2.57. The Morgan fingerprint density at radius 2 is 1.58 bits per heavy atom. The average molecular weight is 467 g/mol. The molecule has 2 aliphatic rings. The molecule has 157 valence electrons. The fourth-order valence-corrected chi connectivity index (χ4v) is 8.18. The number of hydrogen-bond acceptors (Lipinski definition) is 2. The molecule has 4 heteroatoms. The molecule has 0 fully saturated rings. The molecule has 2 nitrogen and oxygen atoms in total. The van der Waals surface area contributed by atoms with Gasteiger partial charge in [0.15, 0.2) is 0 Å². The molecule has 0 aromatic heterocycles. The Kier molecular flexibility index (Phi) is 8.69. The van der Waals surface area contributed by atoms with E-state index in [9.17, 15) is 9.59 Å². The van der Waals surface area contributed by atoms with Crippen LogP contribution in [0.25, 0.3) is 0 Å². The fourth-order valence-electron chi connectivity index (χ4n) is 3.61. The third kappa shape index (κ3) is 5.36. The third-order valence-corrected chi connectivity index (χ3v) is 10.2. The molecule has 2 aromatic carbocycles. The Balaban J connectivity index is 0.000000287. The number of carbonyl (C=O) groups excluding carboxylic acids is 2. The Bertz CT molecular complexity index is 1090. The summed E-state index contributed by atoms with van der Waals surface area (Å²) < 4.78 is 1.62. The normalized spacial score (nSPS) is 16.7. The van der Waals surface area contributed by atoms with Crippen LogP contribution in [0, 0.1) is 0 Å². The van der Waals surface area contributed by atoms with Gasteiger partial charge in [0.25, 0.3) is 0 Å². The van der Waals surface area contributed by atoms with Crippen LogP contribution in [0.1, 0.15) is 13.3 Å². The second-order valence-corrected chi connectivity index (χ2v) is 12.1. The molecule has 0 N–H and O–H groups in total. The molecule has 0 aliphatic heterocycles. The van der Waals surface area contributed by atoms with Crippen molar-refractivity contribution in [3.63, 3.8) is 0 Å². The molecule has 1 atom stereocenters. The molecule has 0 saturated carbocycles. The number of allylic oxidation sites excluding steroid dienone is 9. The summed E-state index contributed by atoms with van der Waals surface area (Å²) in [6, 6.07) is 19.3. The van der Waals surface area contributed by atoms with Crippen molar-refractivity contribution in [1.82, 2.24) is 0 Å². The van der Waals surface area contributed by atoms with E-state index in [1.807, 2.05) is 78.8 Å². The van der Waals surface area contributed by atoms with Gasteiger partial charge in [-0.1, -0.05) is 78.9 Å². The van der Waals surface area contributed by atoms with Gasteiger partial charge in [-0.3, -0.25) is 0 Å². The summed E-state index contributed by atoms with van der Waals surface area (Å²) in [4.78, 5) is 23.7. The van der Waals surface area contributed by atoms with E-state index in [1.165, 1.54) is 11.7 Å². The topological polar surface area (TPSA) is 34.1 Å². The van der Waals surface area contributed by atoms with E-state index in [0.29, 0.717) is 5.57 Å². The third-order valence-electron chi connectivity index (χ3n) is 5.04. The first-order valence-electron chi connectivity index (χ1n) is 10.2. The summed E-state index contributed by atoms with van der Waals surface area (Å²) in [6.45, 7) is -0.338. The van der Waals surface area contributed by atoms with Crippen LogP contribution in [0.2, 0.25) is 5.32 Å². The molecule has 0 heterocycles. The van der Waals surface area contributed by atoms with Gasteiger partial charge in [-0.05, 0) is 16.7 Å². The zero-order valence-electron chi connectivity index (χ0n) is 17.4. The molecule has 1 unspecified atom stereocenters. The molecule has 0 radical (unpaired) electrons. The van der Waals surface area contributed by atoms with E-state index < -0.39 is 6.89 Å². The molecule has 31 heavy (non-hydrogen) atoms. The van der Waals surface area contributed by atoms with E-state index in [-0.39, 0.29) is 5.66 Å². The van der Waals surface area contributed by atoms with Crippen molar-refractivity contribution in [3.05, 3.63) is 113 Å². The Morgan fingerprint density at radius 1 is 0.935 bits per heavy atom. The average Bonchev–Trinajstić information content (AvgIpc) is 3.36. The van der Waals surface area contributed by atoms with Gasteiger partial charge < -0.3 is 0 Å². The zero-order chi connectivity index (χ0) is 21.9. The summed E-state index contributed by atoms with van der Waals surface area (Å²) in [5, 5.41) is 3.15. The molecule has 0 spiro atoms. The molecule has 2 aromatic rings. The van der Waals surface area contributed by atoms with Crippen molar-refractivity contribution in [2.75, 3.05) is 0 Å². The quantitative estimate of drug-likeness (QED) is 0.339. The van der Waals surface area contributed by atoms with Crippen molar-refractivity contribution < 1.29 is 24.5 Å². The largest absolute Gasteiger partial charge is 0.234 e. The van der Waals surface area contributed by atoms with Crippen LogP contribution in [0.5, 0.6) is 0 Å². The molecule has 0 amide bonds. The van der Waals surface area contributed by atoms with Crippen LogP contribution in [-0.4, -0.2) is 17.3 Å². The molecule has 4 rings (SSSR count). The van der Waals surface area contributed by atoms with Gasteiger partial charge in [0, 0.05) is 12.5 Å². The van der Waals surface area contributed by atoms with Gasteiger partial charge in [-0.2, -0.15) is 0 Å². The van der Waals surface area contributed by atoms with Crippen molar-refractivity contribution in [1.29, 1.82) is 0 Å². The minimum Gasteiger partial charge on any atom is -0.234 e. The van der Waals surface area contributed by atoms with E-state index in [1.54, 1.807) is 16.6 Å². The Hall–Kier alpha value is -2.62. The molecular formula is C27H25MnO2P. The van der Waals surface area contributed by atoms with Gasteiger partial charge in [0.2, 0.25) is 0 Å². The predicted octanol–water partition coefficient (Wildman–Crippen LogP) is 5.33. The van der Waals surface area contributed by atoms with Gasteiger partial charge in [-0.15, -0.1) is 0 Å². The Morgan fingerprint density at radius 3 is 2.06 bits per heavy atom. The predicted molar refractivity (Wildman–Crippen MR) is 128 cm³/mol. The number of benzene rings is 2. The summed E-state index contributed by atoms with van der Waals surface area (Å²) in [6.07, 6.45) is 15.2. The van der Waals surface area contributed by atoms with Crippen LogP contribution in [0.15, 0.2) is 113 Å². The molecule has 2 aliphatic carbocycles. The second kappa shape index (κ2) is 11.7.